The number of alkyl halides is 3. The number of carbonyl (C=O) groups excluding carboxylic acids is 1. The van der Waals surface area contributed by atoms with E-state index in [1.54, 1.807) is 34.5 Å². The van der Waals surface area contributed by atoms with E-state index in [9.17, 15) is 18.0 Å². The van der Waals surface area contributed by atoms with Crippen molar-refractivity contribution < 1.29 is 18.0 Å². The van der Waals surface area contributed by atoms with Gasteiger partial charge in [0.05, 0.1) is 16.3 Å². The van der Waals surface area contributed by atoms with E-state index in [-0.39, 0.29) is 23.2 Å². The summed E-state index contributed by atoms with van der Waals surface area (Å²) in [6.45, 7) is 0.872. The van der Waals surface area contributed by atoms with E-state index >= 15 is 0 Å². The van der Waals surface area contributed by atoms with Crippen molar-refractivity contribution in [2.75, 3.05) is 13.1 Å². The maximum absolute atomic E-state index is 13.7. The van der Waals surface area contributed by atoms with Crippen LogP contribution in [0.15, 0.2) is 41.9 Å². The molecule has 1 aliphatic rings. The molecule has 1 saturated heterocycles. The van der Waals surface area contributed by atoms with Gasteiger partial charge in [0, 0.05) is 31.3 Å². The average molecular weight is 432 g/mol. The van der Waals surface area contributed by atoms with Crippen LogP contribution in [0.2, 0.25) is 0 Å². The lowest BCUT2D eigenvalue weighted by Gasteiger charge is -2.14. The van der Waals surface area contributed by atoms with Crippen LogP contribution in [0.5, 0.6) is 0 Å². The van der Waals surface area contributed by atoms with Gasteiger partial charge in [-0.25, -0.2) is 9.50 Å². The van der Waals surface area contributed by atoms with Crippen LogP contribution in [0, 0.1) is 0 Å². The summed E-state index contributed by atoms with van der Waals surface area (Å²) in [5.41, 5.74) is 0.411. The zero-order valence-corrected chi connectivity index (χ0v) is 16.2. The maximum atomic E-state index is 13.7. The van der Waals surface area contributed by atoms with Crippen LogP contribution >= 0.6 is 11.3 Å². The molecular formula is C19H15F3N6OS. The number of fused-ring (bicyclic) bond motifs is 1. The molecule has 4 aromatic heterocycles. The number of nitrogens with one attached hydrogen (secondary N) is 1. The highest BCUT2D eigenvalue weighted by Crippen LogP contribution is 2.35. The third-order valence-corrected chi connectivity index (χ3v) is 6.03. The molecule has 0 saturated carbocycles. The van der Waals surface area contributed by atoms with Gasteiger partial charge in [0.15, 0.2) is 11.3 Å². The van der Waals surface area contributed by atoms with Crippen LogP contribution in [0.25, 0.3) is 16.2 Å². The van der Waals surface area contributed by atoms with Gasteiger partial charge in [-0.1, -0.05) is 6.07 Å². The first-order valence-electron chi connectivity index (χ1n) is 9.20. The summed E-state index contributed by atoms with van der Waals surface area (Å²) in [4.78, 5) is 19.2. The minimum absolute atomic E-state index is 0.140. The molecule has 7 nitrogen and oxygen atoms in total. The predicted molar refractivity (Wildman–Crippen MR) is 103 cm³/mol. The standard InChI is InChI=1S/C19H15F3N6OS/c20-19(21,22)16-8-14(15-2-1-7-30-15)24-17-9-13(26-28(16)17)11-4-6-27(10-11)18(29)12-3-5-23-25-12/h1-3,5,7-9,11H,4,6,10H2,(H,23,25). The minimum atomic E-state index is -4.57. The van der Waals surface area contributed by atoms with Crippen LogP contribution in [0.4, 0.5) is 13.2 Å². The first-order valence-corrected chi connectivity index (χ1v) is 10.1. The van der Waals surface area contributed by atoms with E-state index in [1.165, 1.54) is 17.5 Å². The summed E-state index contributed by atoms with van der Waals surface area (Å²) in [5.74, 6) is -0.349. The lowest BCUT2D eigenvalue weighted by molar-refractivity contribution is -0.142. The fraction of sp³-hybridized carbons (Fsp3) is 0.263. The predicted octanol–water partition coefficient (Wildman–Crippen LogP) is 3.83. The number of hydrogen-bond acceptors (Lipinski definition) is 5. The van der Waals surface area contributed by atoms with Crippen molar-refractivity contribution in [2.24, 2.45) is 0 Å². The number of aromatic nitrogens is 5. The fourth-order valence-electron chi connectivity index (χ4n) is 3.68. The summed E-state index contributed by atoms with van der Waals surface area (Å²) in [6.07, 6.45) is -2.46. The largest absolute Gasteiger partial charge is 0.433 e. The summed E-state index contributed by atoms with van der Waals surface area (Å²) in [6, 6.07) is 7.70. The highest BCUT2D eigenvalue weighted by molar-refractivity contribution is 7.13. The Morgan fingerprint density at radius 2 is 2.13 bits per heavy atom. The third kappa shape index (κ3) is 3.24. The molecular weight excluding hydrogens is 417 g/mol. The molecule has 1 fully saturated rings. The second-order valence-electron chi connectivity index (χ2n) is 7.05. The van der Waals surface area contributed by atoms with E-state index in [4.69, 9.17) is 0 Å². The van der Waals surface area contributed by atoms with Crippen molar-refractivity contribution >= 4 is 22.9 Å². The molecule has 5 rings (SSSR count). The Morgan fingerprint density at radius 1 is 1.27 bits per heavy atom. The number of nitrogens with zero attached hydrogens (tertiary/aromatic N) is 5. The van der Waals surface area contributed by atoms with Crippen LogP contribution in [0.1, 0.15) is 34.2 Å². The van der Waals surface area contributed by atoms with Gasteiger partial charge in [-0.3, -0.25) is 9.89 Å². The molecule has 0 aromatic carbocycles. The fourth-order valence-corrected chi connectivity index (χ4v) is 4.36. The molecule has 0 spiro atoms. The molecule has 1 aliphatic heterocycles. The quantitative estimate of drug-likeness (QED) is 0.534. The summed E-state index contributed by atoms with van der Waals surface area (Å²) in [5, 5.41) is 12.4. The Balaban J connectivity index is 1.50. The Morgan fingerprint density at radius 3 is 2.83 bits per heavy atom. The molecule has 30 heavy (non-hydrogen) atoms. The van der Waals surface area contributed by atoms with E-state index in [0.29, 0.717) is 35.8 Å². The second-order valence-corrected chi connectivity index (χ2v) is 8.00. The number of hydrogen-bond donors (Lipinski definition) is 1. The van der Waals surface area contributed by atoms with Gasteiger partial charge in [0.2, 0.25) is 0 Å². The summed E-state index contributed by atoms with van der Waals surface area (Å²) < 4.78 is 42.0. The zero-order valence-electron chi connectivity index (χ0n) is 15.4. The van der Waals surface area contributed by atoms with E-state index in [2.05, 4.69) is 20.3 Å². The Bertz CT molecular complexity index is 1200. The van der Waals surface area contributed by atoms with E-state index in [0.717, 1.165) is 10.6 Å². The van der Waals surface area contributed by atoms with Gasteiger partial charge in [-0.2, -0.15) is 23.4 Å². The lowest BCUT2D eigenvalue weighted by Crippen LogP contribution is -2.28. The SMILES string of the molecule is O=C(c1ccn[nH]1)N1CCC(c2cc3nc(-c4cccs4)cc(C(F)(F)F)n3n2)C1. The van der Waals surface area contributed by atoms with Crippen LogP contribution in [-0.2, 0) is 6.18 Å². The van der Waals surface area contributed by atoms with Crippen molar-refractivity contribution in [3.63, 3.8) is 0 Å². The topological polar surface area (TPSA) is 79.2 Å². The van der Waals surface area contributed by atoms with Crippen molar-refractivity contribution in [1.29, 1.82) is 0 Å². The second kappa shape index (κ2) is 6.94. The van der Waals surface area contributed by atoms with Crippen molar-refractivity contribution in [3.05, 3.63) is 59.0 Å². The molecule has 5 heterocycles. The number of halogens is 3. The summed E-state index contributed by atoms with van der Waals surface area (Å²) in [7, 11) is 0. The normalized spacial score (nSPS) is 17.2. The molecule has 1 N–H and O–H groups in total. The molecule has 0 radical (unpaired) electrons. The average Bonchev–Trinajstić information content (AvgIpc) is 3.52. The molecule has 4 aromatic rings. The number of H-pyrrole nitrogens is 1. The summed E-state index contributed by atoms with van der Waals surface area (Å²) >= 11 is 1.33. The van der Waals surface area contributed by atoms with Crippen LogP contribution in [0.3, 0.4) is 0 Å². The van der Waals surface area contributed by atoms with E-state index in [1.807, 2.05) is 0 Å². The molecule has 154 valence electrons. The van der Waals surface area contributed by atoms with Gasteiger partial charge >= 0.3 is 6.18 Å². The minimum Gasteiger partial charge on any atom is -0.337 e. The lowest BCUT2D eigenvalue weighted by atomic mass is 10.1. The molecule has 11 heteroatoms. The molecule has 0 aliphatic carbocycles. The Hall–Kier alpha value is -3.21. The van der Waals surface area contributed by atoms with Gasteiger partial charge in [-0.15, -0.1) is 11.3 Å². The molecule has 0 bridgehead atoms. The van der Waals surface area contributed by atoms with Crippen LogP contribution in [-0.4, -0.2) is 48.7 Å². The Kier molecular flexibility index (Phi) is 4.35. The van der Waals surface area contributed by atoms with Crippen LogP contribution < -0.4 is 0 Å². The number of amides is 1. The highest BCUT2D eigenvalue weighted by atomic mass is 32.1. The maximum Gasteiger partial charge on any atom is 0.433 e. The van der Waals surface area contributed by atoms with E-state index < -0.39 is 11.9 Å². The van der Waals surface area contributed by atoms with Crippen molar-refractivity contribution in [3.8, 4) is 10.6 Å². The number of rotatable bonds is 3. The van der Waals surface area contributed by atoms with Gasteiger partial charge in [0.1, 0.15) is 5.69 Å². The van der Waals surface area contributed by atoms with Gasteiger partial charge < -0.3 is 4.90 Å². The molecule has 1 amide bonds. The van der Waals surface area contributed by atoms with Gasteiger partial charge in [-0.05, 0) is 30.0 Å². The number of likely N-dealkylation sites (tertiary alicyclic amines) is 1. The first kappa shape index (κ1) is 18.8. The molecule has 1 unspecified atom stereocenters. The zero-order chi connectivity index (χ0) is 20.9. The highest BCUT2D eigenvalue weighted by Gasteiger charge is 2.36. The Labute approximate surface area is 172 Å². The van der Waals surface area contributed by atoms with Gasteiger partial charge in [0.25, 0.3) is 5.91 Å². The first-order chi connectivity index (χ1) is 14.4. The smallest absolute Gasteiger partial charge is 0.337 e. The monoisotopic (exact) mass is 432 g/mol. The molecule has 1 atom stereocenters. The van der Waals surface area contributed by atoms with Crippen molar-refractivity contribution in [2.45, 2.75) is 18.5 Å². The number of aromatic amines is 1. The van der Waals surface area contributed by atoms with Crippen molar-refractivity contribution in [1.82, 2.24) is 29.7 Å². The number of thiophene rings is 1. The third-order valence-electron chi connectivity index (χ3n) is 5.14. The number of carbonyl (C=O) groups is 1.